The molecule has 0 heterocycles. The van der Waals surface area contributed by atoms with Crippen LogP contribution in [-0.4, -0.2) is 15.4 Å². The molecule has 0 fully saturated rings. The summed E-state index contributed by atoms with van der Waals surface area (Å²) in [5.74, 6) is 0. The molecule has 0 unspecified atom stereocenters. The van der Waals surface area contributed by atoms with Gasteiger partial charge >= 0.3 is 0 Å². The summed E-state index contributed by atoms with van der Waals surface area (Å²) in [6, 6.07) is 10.6. The van der Waals surface area contributed by atoms with E-state index in [-0.39, 0.29) is 0 Å². The number of rotatable bonds is 6. The van der Waals surface area contributed by atoms with Gasteiger partial charge in [-0.3, -0.25) is 0 Å². The van der Waals surface area contributed by atoms with Crippen molar-refractivity contribution in [1.82, 2.24) is 0 Å². The van der Waals surface area contributed by atoms with Crippen molar-refractivity contribution < 1.29 is 4.43 Å². The van der Waals surface area contributed by atoms with E-state index in [2.05, 4.69) is 26.0 Å². The van der Waals surface area contributed by atoms with E-state index in [4.69, 9.17) is 16.0 Å². The Morgan fingerprint density at radius 1 is 1.19 bits per heavy atom. The van der Waals surface area contributed by atoms with Crippen LogP contribution in [0.15, 0.2) is 24.3 Å². The van der Waals surface area contributed by atoms with E-state index in [0.29, 0.717) is 0 Å². The van der Waals surface area contributed by atoms with E-state index in [1.54, 1.807) is 0 Å². The van der Waals surface area contributed by atoms with Crippen LogP contribution in [0.3, 0.4) is 0 Å². The first-order valence-electron chi connectivity index (χ1n) is 5.99. The zero-order valence-corrected chi connectivity index (χ0v) is 12.2. The standard InChI is InChI=1S/C13H21ClOSi/c1-4-9-16(15-3,10-5-2)13-8-6-7-12(14)11-13/h6-8,11H,4-5,9-10H2,1-3H3. The Labute approximate surface area is 105 Å². The number of hydrogen-bond acceptors (Lipinski definition) is 1. The first-order chi connectivity index (χ1) is 7.68. The van der Waals surface area contributed by atoms with Crippen molar-refractivity contribution in [3.63, 3.8) is 0 Å². The molecule has 0 aliphatic heterocycles. The third-order valence-corrected chi connectivity index (χ3v) is 8.04. The third-order valence-electron chi connectivity index (χ3n) is 3.05. The molecule has 0 N–H and O–H groups in total. The van der Waals surface area contributed by atoms with Gasteiger partial charge in [-0.2, -0.15) is 0 Å². The molecule has 1 aromatic carbocycles. The Bertz CT molecular complexity index is 321. The summed E-state index contributed by atoms with van der Waals surface area (Å²) in [7, 11) is 0.0982. The zero-order chi connectivity index (χ0) is 12.0. The van der Waals surface area contributed by atoms with Crippen molar-refractivity contribution in [1.29, 1.82) is 0 Å². The molecular weight excluding hydrogens is 236 g/mol. The number of hydrogen-bond donors (Lipinski definition) is 0. The molecule has 0 aliphatic carbocycles. The Morgan fingerprint density at radius 3 is 2.25 bits per heavy atom. The van der Waals surface area contributed by atoms with E-state index in [9.17, 15) is 0 Å². The van der Waals surface area contributed by atoms with Crippen molar-refractivity contribution >= 4 is 25.1 Å². The van der Waals surface area contributed by atoms with Gasteiger partial charge in [0.15, 0.2) is 0 Å². The summed E-state index contributed by atoms with van der Waals surface area (Å²) in [5.41, 5.74) is 0. The number of benzene rings is 1. The third kappa shape index (κ3) is 3.09. The highest BCUT2D eigenvalue weighted by Gasteiger charge is 2.34. The average Bonchev–Trinajstić information content (AvgIpc) is 2.28. The molecule has 0 amide bonds. The summed E-state index contributed by atoms with van der Waals surface area (Å²) >= 11 is 6.07. The Kier molecular flexibility index (Phi) is 5.53. The van der Waals surface area contributed by atoms with Crippen LogP contribution < -0.4 is 5.19 Å². The monoisotopic (exact) mass is 256 g/mol. The molecular formula is C13H21ClOSi. The van der Waals surface area contributed by atoms with Gasteiger partial charge in [0.05, 0.1) is 0 Å². The van der Waals surface area contributed by atoms with Gasteiger partial charge in [0, 0.05) is 12.1 Å². The van der Waals surface area contributed by atoms with Crippen molar-refractivity contribution in [2.75, 3.05) is 7.11 Å². The lowest BCUT2D eigenvalue weighted by Crippen LogP contribution is -2.49. The molecule has 0 bridgehead atoms. The van der Waals surface area contributed by atoms with Gasteiger partial charge < -0.3 is 4.43 Å². The molecule has 0 atom stereocenters. The van der Waals surface area contributed by atoms with Crippen LogP contribution in [0.25, 0.3) is 0 Å². The Hall–Kier alpha value is -0.313. The molecule has 0 saturated heterocycles. The molecule has 3 heteroatoms. The summed E-state index contributed by atoms with van der Waals surface area (Å²) in [6.45, 7) is 4.45. The maximum Gasteiger partial charge on any atom is 0.223 e. The molecule has 0 aromatic heterocycles. The Balaban J connectivity index is 3.07. The topological polar surface area (TPSA) is 9.23 Å². The predicted octanol–water partition coefficient (Wildman–Crippen LogP) is 3.96. The second-order valence-electron chi connectivity index (χ2n) is 4.21. The second kappa shape index (κ2) is 6.43. The molecule has 1 rings (SSSR count). The van der Waals surface area contributed by atoms with Crippen molar-refractivity contribution in [3.05, 3.63) is 29.3 Å². The summed E-state index contributed by atoms with van der Waals surface area (Å²) in [4.78, 5) is 0. The van der Waals surface area contributed by atoms with Crippen LogP contribution >= 0.6 is 11.6 Å². The quantitative estimate of drug-likeness (QED) is 0.700. The average molecular weight is 257 g/mol. The van der Waals surface area contributed by atoms with Crippen molar-refractivity contribution in [2.45, 2.75) is 38.8 Å². The molecule has 1 nitrogen and oxygen atoms in total. The number of halogens is 1. The van der Waals surface area contributed by atoms with Gasteiger partial charge in [-0.15, -0.1) is 0 Å². The molecule has 90 valence electrons. The van der Waals surface area contributed by atoms with E-state index in [1.807, 2.05) is 19.2 Å². The van der Waals surface area contributed by atoms with Crippen LogP contribution in [0, 0.1) is 0 Å². The van der Waals surface area contributed by atoms with E-state index in [0.717, 1.165) is 5.02 Å². The van der Waals surface area contributed by atoms with Gasteiger partial charge in [-0.05, 0) is 29.4 Å². The minimum absolute atomic E-state index is 0.818. The predicted molar refractivity (Wildman–Crippen MR) is 74.0 cm³/mol. The van der Waals surface area contributed by atoms with Gasteiger partial charge in [0.25, 0.3) is 0 Å². The van der Waals surface area contributed by atoms with E-state index in [1.165, 1.54) is 30.1 Å². The van der Waals surface area contributed by atoms with E-state index < -0.39 is 8.32 Å². The fraction of sp³-hybridized carbons (Fsp3) is 0.538. The zero-order valence-electron chi connectivity index (χ0n) is 10.4. The largest absolute Gasteiger partial charge is 0.415 e. The van der Waals surface area contributed by atoms with Gasteiger partial charge in [-0.1, -0.05) is 50.4 Å². The lowest BCUT2D eigenvalue weighted by atomic mass is 10.4. The lowest BCUT2D eigenvalue weighted by Gasteiger charge is -2.29. The summed E-state index contributed by atoms with van der Waals surface area (Å²) in [6.07, 6.45) is 2.35. The normalized spacial score (nSPS) is 11.8. The molecule has 0 radical (unpaired) electrons. The minimum atomic E-state index is -1.76. The van der Waals surface area contributed by atoms with E-state index >= 15 is 0 Å². The highest BCUT2D eigenvalue weighted by molar-refractivity contribution is 6.86. The van der Waals surface area contributed by atoms with Gasteiger partial charge in [0.1, 0.15) is 0 Å². The minimum Gasteiger partial charge on any atom is -0.415 e. The molecule has 0 aliphatic rings. The first kappa shape index (κ1) is 13.8. The van der Waals surface area contributed by atoms with Crippen LogP contribution in [0.4, 0.5) is 0 Å². The first-order valence-corrected chi connectivity index (χ1v) is 8.69. The lowest BCUT2D eigenvalue weighted by molar-refractivity contribution is 0.400. The van der Waals surface area contributed by atoms with Gasteiger partial charge in [-0.25, -0.2) is 0 Å². The van der Waals surface area contributed by atoms with Crippen LogP contribution in [-0.2, 0) is 4.43 Å². The summed E-state index contributed by atoms with van der Waals surface area (Å²) in [5, 5.41) is 2.16. The fourth-order valence-corrected chi connectivity index (χ4v) is 6.50. The van der Waals surface area contributed by atoms with Crippen LogP contribution in [0.2, 0.25) is 17.1 Å². The molecule has 0 spiro atoms. The SMILES string of the molecule is CCC[Si](CCC)(OC)c1cccc(Cl)c1. The van der Waals surface area contributed by atoms with Crippen LogP contribution in [0.5, 0.6) is 0 Å². The smallest absolute Gasteiger partial charge is 0.223 e. The highest BCUT2D eigenvalue weighted by Crippen LogP contribution is 2.22. The molecule has 16 heavy (non-hydrogen) atoms. The van der Waals surface area contributed by atoms with Gasteiger partial charge in [0.2, 0.25) is 8.32 Å². The van der Waals surface area contributed by atoms with Crippen molar-refractivity contribution in [2.24, 2.45) is 0 Å². The Morgan fingerprint density at radius 2 is 1.81 bits per heavy atom. The maximum absolute atomic E-state index is 6.07. The van der Waals surface area contributed by atoms with Crippen molar-refractivity contribution in [3.8, 4) is 0 Å². The highest BCUT2D eigenvalue weighted by atomic mass is 35.5. The maximum atomic E-state index is 6.07. The second-order valence-corrected chi connectivity index (χ2v) is 8.62. The van der Waals surface area contributed by atoms with Crippen LogP contribution in [0.1, 0.15) is 26.7 Å². The summed E-state index contributed by atoms with van der Waals surface area (Å²) < 4.78 is 5.94. The molecule has 0 saturated carbocycles. The molecule has 1 aromatic rings. The fourth-order valence-electron chi connectivity index (χ4n) is 2.32.